The predicted molar refractivity (Wildman–Crippen MR) is 106 cm³/mol. The average Bonchev–Trinajstić information content (AvgIpc) is 3.32. The molecule has 2 N–H and O–H groups in total. The molecule has 142 valence electrons. The molecule has 0 heterocycles. The minimum absolute atomic E-state index is 0.250. The van der Waals surface area contributed by atoms with Gasteiger partial charge in [0.1, 0.15) is 11.5 Å². The van der Waals surface area contributed by atoms with E-state index in [-0.39, 0.29) is 5.75 Å². The van der Waals surface area contributed by atoms with Gasteiger partial charge in [-0.15, -0.1) is 0 Å². The summed E-state index contributed by atoms with van der Waals surface area (Å²) in [6, 6.07) is 3.67. The standard InChI is InChI=1S/C23H38O2/c1-5-23(16-17-23)15-9-6-10-18-12-13-20(24)19(21(18)25)11-7-8-14-22(2,3)4/h12-13,24-25H,5-11,14-17H2,1-4H3. The van der Waals surface area contributed by atoms with Crippen molar-refractivity contribution in [2.24, 2.45) is 10.8 Å². The van der Waals surface area contributed by atoms with Gasteiger partial charge in [0.25, 0.3) is 0 Å². The molecule has 0 aromatic heterocycles. The highest BCUT2D eigenvalue weighted by Gasteiger charge is 2.39. The van der Waals surface area contributed by atoms with Crippen LogP contribution in [0.15, 0.2) is 12.1 Å². The fourth-order valence-corrected chi connectivity index (χ4v) is 3.85. The summed E-state index contributed by atoms with van der Waals surface area (Å²) in [5, 5.41) is 20.7. The first-order valence-electron chi connectivity index (χ1n) is 10.3. The molecule has 2 nitrogen and oxygen atoms in total. The summed E-state index contributed by atoms with van der Waals surface area (Å²) in [7, 11) is 0. The second kappa shape index (κ2) is 8.47. The molecule has 2 heteroatoms. The Bertz CT molecular complexity index is 550. The Kier molecular flexibility index (Phi) is 6.82. The van der Waals surface area contributed by atoms with E-state index in [4.69, 9.17) is 0 Å². The van der Waals surface area contributed by atoms with Gasteiger partial charge in [0.2, 0.25) is 0 Å². The van der Waals surface area contributed by atoms with Gasteiger partial charge >= 0.3 is 0 Å². The molecule has 0 saturated heterocycles. The maximum atomic E-state index is 10.6. The van der Waals surface area contributed by atoms with E-state index in [1.165, 1.54) is 38.5 Å². The highest BCUT2D eigenvalue weighted by molar-refractivity contribution is 5.48. The Morgan fingerprint density at radius 2 is 1.64 bits per heavy atom. The molecule has 1 aromatic carbocycles. The molecule has 25 heavy (non-hydrogen) atoms. The Labute approximate surface area is 154 Å². The van der Waals surface area contributed by atoms with Crippen LogP contribution >= 0.6 is 0 Å². The number of aryl methyl sites for hydroxylation is 1. The second-order valence-electron chi connectivity index (χ2n) is 9.40. The quantitative estimate of drug-likeness (QED) is 0.459. The lowest BCUT2D eigenvalue weighted by atomic mass is 9.89. The SMILES string of the molecule is CCC1(CCCCc2ccc(O)c(CCCCC(C)(C)C)c2O)CC1. The largest absolute Gasteiger partial charge is 0.508 e. The Morgan fingerprint density at radius 1 is 0.960 bits per heavy atom. The average molecular weight is 347 g/mol. The molecule has 0 amide bonds. The van der Waals surface area contributed by atoms with Crippen molar-refractivity contribution in [2.45, 2.75) is 98.3 Å². The van der Waals surface area contributed by atoms with Crippen molar-refractivity contribution >= 4 is 0 Å². The summed E-state index contributed by atoms with van der Waals surface area (Å²) >= 11 is 0. The third-order valence-corrected chi connectivity index (χ3v) is 6.06. The van der Waals surface area contributed by atoms with E-state index in [9.17, 15) is 10.2 Å². The molecule has 0 bridgehead atoms. The number of unbranched alkanes of at least 4 members (excludes halogenated alkanes) is 2. The maximum Gasteiger partial charge on any atom is 0.125 e. The van der Waals surface area contributed by atoms with Crippen molar-refractivity contribution in [2.75, 3.05) is 0 Å². The van der Waals surface area contributed by atoms with Crippen LogP contribution in [0, 0.1) is 10.8 Å². The van der Waals surface area contributed by atoms with Crippen LogP contribution in [0.4, 0.5) is 0 Å². The lowest BCUT2D eigenvalue weighted by Gasteiger charge is -2.18. The molecule has 1 saturated carbocycles. The van der Waals surface area contributed by atoms with Gasteiger partial charge in [-0.2, -0.15) is 0 Å². The van der Waals surface area contributed by atoms with Crippen LogP contribution in [0.5, 0.6) is 11.5 Å². The van der Waals surface area contributed by atoms with Crippen LogP contribution in [0.25, 0.3) is 0 Å². The number of phenols is 2. The summed E-state index contributed by atoms with van der Waals surface area (Å²) in [6.07, 6.45) is 12.8. The number of aromatic hydroxyl groups is 2. The molecule has 2 rings (SSSR count). The van der Waals surface area contributed by atoms with Crippen molar-refractivity contribution < 1.29 is 10.2 Å². The molecule has 1 aliphatic rings. The maximum absolute atomic E-state index is 10.6. The lowest BCUT2D eigenvalue weighted by Crippen LogP contribution is -2.04. The van der Waals surface area contributed by atoms with E-state index in [1.807, 2.05) is 6.07 Å². The van der Waals surface area contributed by atoms with Gasteiger partial charge in [-0.25, -0.2) is 0 Å². The zero-order valence-electron chi connectivity index (χ0n) is 16.8. The van der Waals surface area contributed by atoms with Gasteiger partial charge in [-0.05, 0) is 73.8 Å². The molecule has 1 aliphatic carbocycles. The third kappa shape index (κ3) is 6.24. The van der Waals surface area contributed by atoms with Crippen LogP contribution < -0.4 is 0 Å². The van der Waals surface area contributed by atoms with Crippen molar-refractivity contribution in [3.8, 4) is 11.5 Å². The van der Waals surface area contributed by atoms with E-state index in [2.05, 4.69) is 27.7 Å². The molecule has 0 radical (unpaired) electrons. The van der Waals surface area contributed by atoms with Crippen LogP contribution in [0.1, 0.15) is 96.6 Å². The Morgan fingerprint density at radius 3 is 2.24 bits per heavy atom. The molecule has 0 unspecified atom stereocenters. The van der Waals surface area contributed by atoms with Crippen LogP contribution in [-0.4, -0.2) is 10.2 Å². The highest BCUT2D eigenvalue weighted by Crippen LogP contribution is 2.52. The molecule has 0 spiro atoms. The van der Waals surface area contributed by atoms with E-state index in [1.54, 1.807) is 6.07 Å². The van der Waals surface area contributed by atoms with Crippen molar-refractivity contribution in [3.63, 3.8) is 0 Å². The van der Waals surface area contributed by atoms with Crippen molar-refractivity contribution in [3.05, 3.63) is 23.3 Å². The molecule has 0 aliphatic heterocycles. The summed E-state index contributed by atoms with van der Waals surface area (Å²) in [4.78, 5) is 0. The molecular weight excluding hydrogens is 308 g/mol. The van der Waals surface area contributed by atoms with E-state index in [0.29, 0.717) is 16.6 Å². The summed E-state index contributed by atoms with van der Waals surface area (Å²) < 4.78 is 0. The monoisotopic (exact) mass is 346 g/mol. The zero-order valence-corrected chi connectivity index (χ0v) is 16.8. The van der Waals surface area contributed by atoms with Gasteiger partial charge < -0.3 is 10.2 Å². The summed E-state index contributed by atoms with van der Waals surface area (Å²) in [6.45, 7) is 9.08. The fourth-order valence-electron chi connectivity index (χ4n) is 3.85. The number of rotatable bonds is 10. The summed E-state index contributed by atoms with van der Waals surface area (Å²) in [5.74, 6) is 0.590. The number of hydrogen-bond acceptors (Lipinski definition) is 2. The van der Waals surface area contributed by atoms with Crippen molar-refractivity contribution in [1.29, 1.82) is 0 Å². The van der Waals surface area contributed by atoms with Gasteiger partial charge in [0.15, 0.2) is 0 Å². The van der Waals surface area contributed by atoms with Gasteiger partial charge in [-0.3, -0.25) is 0 Å². The first-order valence-corrected chi connectivity index (χ1v) is 10.3. The smallest absolute Gasteiger partial charge is 0.125 e. The Balaban J connectivity index is 1.83. The first kappa shape index (κ1) is 20.1. The molecule has 1 fully saturated rings. The number of phenolic OH excluding ortho intramolecular Hbond substituents is 2. The molecular formula is C23H38O2. The molecule has 1 aromatic rings. The van der Waals surface area contributed by atoms with Gasteiger partial charge in [0, 0.05) is 5.56 Å². The van der Waals surface area contributed by atoms with E-state index in [0.717, 1.165) is 43.2 Å². The second-order valence-corrected chi connectivity index (χ2v) is 9.40. The van der Waals surface area contributed by atoms with Crippen LogP contribution in [0.2, 0.25) is 0 Å². The minimum atomic E-state index is 0.250. The zero-order chi connectivity index (χ0) is 18.5. The molecule has 0 atom stereocenters. The van der Waals surface area contributed by atoms with Crippen LogP contribution in [-0.2, 0) is 12.8 Å². The fraction of sp³-hybridized carbons (Fsp3) is 0.739. The lowest BCUT2D eigenvalue weighted by molar-refractivity contribution is 0.358. The first-order chi connectivity index (χ1) is 11.8. The van der Waals surface area contributed by atoms with Gasteiger partial charge in [-0.1, -0.05) is 53.0 Å². The third-order valence-electron chi connectivity index (χ3n) is 6.06. The topological polar surface area (TPSA) is 40.5 Å². The van der Waals surface area contributed by atoms with E-state index >= 15 is 0 Å². The minimum Gasteiger partial charge on any atom is -0.508 e. The van der Waals surface area contributed by atoms with Gasteiger partial charge in [0.05, 0.1) is 0 Å². The predicted octanol–water partition coefficient (Wildman–Crippen LogP) is 6.76. The normalized spacial score (nSPS) is 16.2. The highest BCUT2D eigenvalue weighted by atomic mass is 16.3. The number of hydrogen-bond donors (Lipinski definition) is 2. The van der Waals surface area contributed by atoms with Crippen molar-refractivity contribution in [1.82, 2.24) is 0 Å². The Hall–Kier alpha value is -1.18. The van der Waals surface area contributed by atoms with E-state index < -0.39 is 0 Å². The summed E-state index contributed by atoms with van der Waals surface area (Å²) in [5.41, 5.74) is 2.77. The number of benzene rings is 1. The van der Waals surface area contributed by atoms with Crippen LogP contribution in [0.3, 0.4) is 0 Å².